The lowest BCUT2D eigenvalue weighted by Crippen LogP contribution is -2.19. The number of nitrogens with one attached hydrogen (secondary N) is 1. The summed E-state index contributed by atoms with van der Waals surface area (Å²) >= 11 is 5.70. The molecule has 0 bridgehead atoms. The van der Waals surface area contributed by atoms with E-state index in [0.717, 1.165) is 5.82 Å². The van der Waals surface area contributed by atoms with E-state index < -0.39 is 0 Å². The zero-order valence-corrected chi connectivity index (χ0v) is 5.97. The first-order chi connectivity index (χ1) is 4.86. The maximum absolute atomic E-state index is 5.70. The second-order valence-electron chi connectivity index (χ2n) is 2.08. The van der Waals surface area contributed by atoms with Crippen molar-refractivity contribution in [3.8, 4) is 0 Å². The highest BCUT2D eigenvalue weighted by Gasteiger charge is 2.05. The van der Waals surface area contributed by atoms with Crippen LogP contribution < -0.4 is 5.32 Å². The second-order valence-corrected chi connectivity index (χ2v) is 2.49. The van der Waals surface area contributed by atoms with Crippen LogP contribution in [0.25, 0.3) is 6.08 Å². The maximum atomic E-state index is 5.70. The molecule has 1 N–H and O–H groups in total. The molecule has 0 aromatic carbocycles. The molecule has 0 amide bonds. The van der Waals surface area contributed by atoms with Gasteiger partial charge in [-0.2, -0.15) is 0 Å². The normalized spacial score (nSPS) is 15.5. The van der Waals surface area contributed by atoms with Gasteiger partial charge in [-0.15, -0.1) is 0 Å². The van der Waals surface area contributed by atoms with Gasteiger partial charge in [0.2, 0.25) is 0 Å². The van der Waals surface area contributed by atoms with E-state index >= 15 is 0 Å². The first kappa shape index (κ1) is 5.80. The Labute approximate surface area is 63.3 Å². The molecule has 2 rings (SSSR count). The SMILES string of the molecule is ClC1=Cc2nccn2CN1. The van der Waals surface area contributed by atoms with E-state index in [1.165, 1.54) is 0 Å². The zero-order chi connectivity index (χ0) is 6.97. The van der Waals surface area contributed by atoms with E-state index in [1.807, 2.05) is 10.8 Å². The third-order valence-corrected chi connectivity index (χ3v) is 1.66. The van der Waals surface area contributed by atoms with Crippen molar-refractivity contribution in [3.63, 3.8) is 0 Å². The summed E-state index contributed by atoms with van der Waals surface area (Å²) < 4.78 is 1.98. The van der Waals surface area contributed by atoms with Crippen LogP contribution in [0.1, 0.15) is 5.82 Å². The van der Waals surface area contributed by atoms with Gasteiger partial charge in [0, 0.05) is 18.5 Å². The quantitative estimate of drug-likeness (QED) is 0.566. The van der Waals surface area contributed by atoms with Crippen molar-refractivity contribution in [2.45, 2.75) is 6.67 Å². The molecule has 0 unspecified atom stereocenters. The Bertz CT molecular complexity index is 276. The minimum absolute atomic E-state index is 0.652. The Morgan fingerprint density at radius 3 is 3.50 bits per heavy atom. The molecule has 2 heterocycles. The van der Waals surface area contributed by atoms with Crippen molar-refractivity contribution in [2.75, 3.05) is 0 Å². The Balaban J connectivity index is 2.50. The fourth-order valence-electron chi connectivity index (χ4n) is 0.920. The molecule has 0 aliphatic carbocycles. The molecule has 1 aromatic rings. The van der Waals surface area contributed by atoms with Crippen LogP contribution in [0.5, 0.6) is 0 Å². The summed E-state index contributed by atoms with van der Waals surface area (Å²) in [7, 11) is 0. The van der Waals surface area contributed by atoms with E-state index in [1.54, 1.807) is 12.3 Å². The minimum atomic E-state index is 0.652. The van der Waals surface area contributed by atoms with Crippen LogP contribution in [0.3, 0.4) is 0 Å². The molecule has 0 saturated carbocycles. The first-order valence-corrected chi connectivity index (χ1v) is 3.36. The number of nitrogens with zero attached hydrogens (tertiary/aromatic N) is 2. The third kappa shape index (κ3) is 0.789. The molecule has 1 aliphatic rings. The summed E-state index contributed by atoms with van der Waals surface area (Å²) in [5.74, 6) is 0.906. The van der Waals surface area contributed by atoms with E-state index in [2.05, 4.69) is 10.3 Å². The van der Waals surface area contributed by atoms with Gasteiger partial charge >= 0.3 is 0 Å². The Morgan fingerprint density at radius 2 is 2.60 bits per heavy atom. The summed E-state index contributed by atoms with van der Waals surface area (Å²) in [5.41, 5.74) is 0. The zero-order valence-electron chi connectivity index (χ0n) is 5.21. The molecule has 0 radical (unpaired) electrons. The molecule has 0 fully saturated rings. The van der Waals surface area contributed by atoms with Crippen LogP contribution >= 0.6 is 11.6 Å². The van der Waals surface area contributed by atoms with Crippen LogP contribution in [0.15, 0.2) is 17.5 Å². The molecule has 10 heavy (non-hydrogen) atoms. The molecule has 0 saturated heterocycles. The monoisotopic (exact) mass is 155 g/mol. The molecule has 52 valence electrons. The van der Waals surface area contributed by atoms with E-state index in [-0.39, 0.29) is 0 Å². The van der Waals surface area contributed by atoms with E-state index in [4.69, 9.17) is 11.6 Å². The van der Waals surface area contributed by atoms with Gasteiger partial charge in [-0.25, -0.2) is 4.98 Å². The molecular weight excluding hydrogens is 150 g/mol. The van der Waals surface area contributed by atoms with Crippen LogP contribution in [-0.4, -0.2) is 9.55 Å². The fraction of sp³-hybridized carbons (Fsp3) is 0.167. The molecule has 0 spiro atoms. The van der Waals surface area contributed by atoms with Gasteiger partial charge in [0.25, 0.3) is 0 Å². The van der Waals surface area contributed by atoms with Gasteiger partial charge in [-0.05, 0) is 0 Å². The van der Waals surface area contributed by atoms with Crippen molar-refractivity contribution in [1.82, 2.24) is 14.9 Å². The molecule has 1 aromatic heterocycles. The predicted octanol–water partition coefficient (Wildman–Crippen LogP) is 0.981. The summed E-state index contributed by atoms with van der Waals surface area (Å²) in [6.07, 6.45) is 5.45. The minimum Gasteiger partial charge on any atom is -0.358 e. The lowest BCUT2D eigenvalue weighted by molar-refractivity contribution is 0.617. The predicted molar refractivity (Wildman–Crippen MR) is 39.2 cm³/mol. The van der Waals surface area contributed by atoms with E-state index in [9.17, 15) is 0 Å². The lowest BCUT2D eigenvalue weighted by Gasteiger charge is -2.12. The average molecular weight is 156 g/mol. The fourth-order valence-corrected chi connectivity index (χ4v) is 1.08. The van der Waals surface area contributed by atoms with Crippen molar-refractivity contribution in [2.24, 2.45) is 0 Å². The van der Waals surface area contributed by atoms with Crippen LogP contribution in [-0.2, 0) is 6.67 Å². The summed E-state index contributed by atoms with van der Waals surface area (Å²) in [5, 5.41) is 3.63. The number of rotatable bonds is 0. The summed E-state index contributed by atoms with van der Waals surface area (Å²) in [6, 6.07) is 0. The van der Waals surface area contributed by atoms with Gasteiger partial charge in [0.05, 0.1) is 6.67 Å². The highest BCUT2D eigenvalue weighted by molar-refractivity contribution is 6.31. The number of halogens is 1. The highest BCUT2D eigenvalue weighted by atomic mass is 35.5. The highest BCUT2D eigenvalue weighted by Crippen LogP contribution is 2.10. The number of aromatic nitrogens is 2. The van der Waals surface area contributed by atoms with Gasteiger partial charge < -0.3 is 9.88 Å². The van der Waals surface area contributed by atoms with Gasteiger partial charge in [-0.1, -0.05) is 11.6 Å². The average Bonchev–Trinajstić information content (AvgIpc) is 2.33. The Morgan fingerprint density at radius 1 is 1.70 bits per heavy atom. The maximum Gasteiger partial charge on any atom is 0.137 e. The number of hydrogen-bond acceptors (Lipinski definition) is 2. The molecular formula is C6H6ClN3. The van der Waals surface area contributed by atoms with Crippen molar-refractivity contribution < 1.29 is 0 Å². The van der Waals surface area contributed by atoms with Crippen LogP contribution in [0.2, 0.25) is 0 Å². The molecule has 0 atom stereocenters. The first-order valence-electron chi connectivity index (χ1n) is 2.98. The topological polar surface area (TPSA) is 29.9 Å². The standard InChI is InChI=1S/C6H6ClN3/c7-5-3-6-8-1-2-10(6)4-9-5/h1-3,9H,4H2. The number of hydrogen-bond donors (Lipinski definition) is 1. The van der Waals surface area contributed by atoms with Crippen LogP contribution in [0.4, 0.5) is 0 Å². The molecule has 3 nitrogen and oxygen atoms in total. The lowest BCUT2D eigenvalue weighted by atomic mass is 10.5. The number of imidazole rings is 1. The summed E-state index contributed by atoms with van der Waals surface area (Å²) in [4.78, 5) is 4.07. The molecule has 1 aliphatic heterocycles. The number of fused-ring (bicyclic) bond motifs is 1. The van der Waals surface area contributed by atoms with Gasteiger partial charge in [-0.3, -0.25) is 0 Å². The van der Waals surface area contributed by atoms with Crippen LogP contribution in [0, 0.1) is 0 Å². The van der Waals surface area contributed by atoms with Crippen molar-refractivity contribution in [3.05, 3.63) is 23.4 Å². The van der Waals surface area contributed by atoms with Crippen molar-refractivity contribution in [1.29, 1.82) is 0 Å². The summed E-state index contributed by atoms with van der Waals surface area (Å²) in [6.45, 7) is 0.713. The third-order valence-electron chi connectivity index (χ3n) is 1.42. The Kier molecular flexibility index (Phi) is 1.17. The van der Waals surface area contributed by atoms with E-state index in [0.29, 0.717) is 11.8 Å². The molecule has 4 heteroatoms. The smallest absolute Gasteiger partial charge is 0.137 e. The largest absolute Gasteiger partial charge is 0.358 e. The van der Waals surface area contributed by atoms with Gasteiger partial charge in [0.1, 0.15) is 11.0 Å². The second kappa shape index (κ2) is 2.02. The van der Waals surface area contributed by atoms with Crippen molar-refractivity contribution >= 4 is 17.7 Å². The Hall–Kier alpha value is -0.960. The van der Waals surface area contributed by atoms with Gasteiger partial charge in [0.15, 0.2) is 0 Å².